The summed E-state index contributed by atoms with van der Waals surface area (Å²) in [5.41, 5.74) is 2.91. The molecule has 74 valence electrons. The van der Waals surface area contributed by atoms with Crippen LogP contribution in [0.2, 0.25) is 0 Å². The Balaban J connectivity index is 2.22. The van der Waals surface area contributed by atoms with Crippen molar-refractivity contribution in [3.05, 3.63) is 16.6 Å². The van der Waals surface area contributed by atoms with E-state index in [1.807, 2.05) is 10.9 Å². The average molecular weight is 200 g/mol. The predicted molar refractivity (Wildman–Crippen MR) is 54.8 cm³/mol. The molecule has 1 aromatic heterocycles. The number of rotatable bonds is 5. The molecule has 0 bridgehead atoms. The molecule has 1 aromatic rings. The Morgan fingerprint density at radius 2 is 2.38 bits per heavy atom. The summed E-state index contributed by atoms with van der Waals surface area (Å²) in [6.45, 7) is 4.71. The van der Waals surface area contributed by atoms with Crippen molar-refractivity contribution in [2.24, 2.45) is 0 Å². The van der Waals surface area contributed by atoms with Crippen LogP contribution in [0.4, 0.5) is 0 Å². The molecule has 0 saturated carbocycles. The van der Waals surface area contributed by atoms with Gasteiger partial charge in [-0.25, -0.2) is 4.98 Å². The molecule has 3 nitrogen and oxygen atoms in total. The second-order valence-electron chi connectivity index (χ2n) is 3.23. The van der Waals surface area contributed by atoms with Crippen molar-refractivity contribution in [3.63, 3.8) is 0 Å². The first-order valence-electron chi connectivity index (χ1n) is 4.49. The lowest BCUT2D eigenvalue weighted by Crippen LogP contribution is -2.22. The molecule has 0 saturated heterocycles. The normalized spacial score (nSPS) is 15.6. The molecule has 0 amide bonds. The maximum atomic E-state index is 9.04. The molecule has 4 heteroatoms. The fourth-order valence-electron chi connectivity index (χ4n) is 1.05. The zero-order valence-corrected chi connectivity index (χ0v) is 8.84. The van der Waals surface area contributed by atoms with Gasteiger partial charge in [0.25, 0.3) is 0 Å². The van der Waals surface area contributed by atoms with Gasteiger partial charge in [0.15, 0.2) is 0 Å². The topological polar surface area (TPSA) is 45.1 Å². The Kier molecular flexibility index (Phi) is 4.35. The maximum Gasteiger partial charge on any atom is 0.0795 e. The summed E-state index contributed by atoms with van der Waals surface area (Å²) in [6, 6.07) is 0.282. The van der Waals surface area contributed by atoms with Crippen molar-refractivity contribution in [1.82, 2.24) is 10.3 Å². The number of hydrogen-bond acceptors (Lipinski definition) is 4. The van der Waals surface area contributed by atoms with E-state index in [1.165, 1.54) is 0 Å². The summed E-state index contributed by atoms with van der Waals surface area (Å²) < 4.78 is 0. The van der Waals surface area contributed by atoms with Crippen molar-refractivity contribution in [1.29, 1.82) is 0 Å². The van der Waals surface area contributed by atoms with E-state index >= 15 is 0 Å². The number of aromatic nitrogens is 1. The van der Waals surface area contributed by atoms with Crippen molar-refractivity contribution in [2.75, 3.05) is 6.54 Å². The molecule has 1 heterocycles. The van der Waals surface area contributed by atoms with Gasteiger partial charge in [-0.1, -0.05) is 0 Å². The van der Waals surface area contributed by atoms with Crippen LogP contribution in [0.3, 0.4) is 0 Å². The first-order valence-corrected chi connectivity index (χ1v) is 5.44. The number of nitrogens with zero attached hydrogens (tertiary/aromatic N) is 1. The second-order valence-corrected chi connectivity index (χ2v) is 3.95. The Morgan fingerprint density at radius 3 is 2.92 bits per heavy atom. The number of thiazole rings is 1. The zero-order chi connectivity index (χ0) is 9.68. The molecule has 2 N–H and O–H groups in total. The van der Waals surface area contributed by atoms with Gasteiger partial charge in [-0.15, -0.1) is 11.3 Å². The minimum Gasteiger partial charge on any atom is -0.393 e. The van der Waals surface area contributed by atoms with Gasteiger partial charge in [0.1, 0.15) is 0 Å². The first kappa shape index (κ1) is 10.6. The highest BCUT2D eigenvalue weighted by Crippen LogP contribution is 2.11. The molecule has 2 unspecified atom stereocenters. The van der Waals surface area contributed by atoms with Crippen LogP contribution in [0.15, 0.2) is 10.9 Å². The zero-order valence-electron chi connectivity index (χ0n) is 8.03. The SMILES string of the molecule is CC(O)CCNC(C)c1cscn1. The second kappa shape index (κ2) is 5.32. The molecule has 1 rings (SSSR count). The highest BCUT2D eigenvalue weighted by Gasteiger charge is 2.06. The van der Waals surface area contributed by atoms with E-state index in [0.29, 0.717) is 0 Å². The third kappa shape index (κ3) is 3.85. The molecule has 13 heavy (non-hydrogen) atoms. The van der Waals surface area contributed by atoms with Crippen LogP contribution in [0.1, 0.15) is 32.0 Å². The molecule has 0 aromatic carbocycles. The van der Waals surface area contributed by atoms with Crippen LogP contribution < -0.4 is 5.32 Å². The van der Waals surface area contributed by atoms with Crippen LogP contribution in [0.5, 0.6) is 0 Å². The van der Waals surface area contributed by atoms with Crippen molar-refractivity contribution < 1.29 is 5.11 Å². The van der Waals surface area contributed by atoms with Crippen molar-refractivity contribution >= 4 is 11.3 Å². The van der Waals surface area contributed by atoms with Crippen LogP contribution in [0, 0.1) is 0 Å². The summed E-state index contributed by atoms with van der Waals surface area (Å²) in [4.78, 5) is 4.21. The van der Waals surface area contributed by atoms with Crippen LogP contribution >= 0.6 is 11.3 Å². The molecule has 2 atom stereocenters. The minimum absolute atomic E-state index is 0.227. The number of nitrogens with one attached hydrogen (secondary N) is 1. The summed E-state index contributed by atoms with van der Waals surface area (Å²) in [6.07, 6.45) is 0.559. The molecule has 0 fully saturated rings. The summed E-state index contributed by atoms with van der Waals surface area (Å²) in [5.74, 6) is 0. The molecule has 0 radical (unpaired) electrons. The molecule has 0 aliphatic heterocycles. The van der Waals surface area contributed by atoms with Gasteiger partial charge < -0.3 is 10.4 Å². The van der Waals surface area contributed by atoms with E-state index in [9.17, 15) is 0 Å². The smallest absolute Gasteiger partial charge is 0.0795 e. The lowest BCUT2D eigenvalue weighted by Gasteiger charge is -2.11. The number of aliphatic hydroxyl groups excluding tert-OH is 1. The van der Waals surface area contributed by atoms with E-state index in [0.717, 1.165) is 18.7 Å². The monoisotopic (exact) mass is 200 g/mol. The van der Waals surface area contributed by atoms with Gasteiger partial charge in [-0.3, -0.25) is 0 Å². The molecular weight excluding hydrogens is 184 g/mol. The van der Waals surface area contributed by atoms with Crippen molar-refractivity contribution in [3.8, 4) is 0 Å². The molecule has 0 spiro atoms. The predicted octanol–water partition coefficient (Wildman–Crippen LogP) is 1.56. The third-order valence-corrected chi connectivity index (χ3v) is 2.51. The van der Waals surface area contributed by atoms with Gasteiger partial charge >= 0.3 is 0 Å². The molecule has 0 aliphatic rings. The van der Waals surface area contributed by atoms with E-state index in [2.05, 4.69) is 17.2 Å². The Bertz CT molecular complexity index is 224. The summed E-state index contributed by atoms with van der Waals surface area (Å²) in [5, 5.41) is 14.4. The van der Waals surface area contributed by atoms with Gasteiger partial charge in [-0.05, 0) is 26.8 Å². The van der Waals surface area contributed by atoms with Crippen LogP contribution in [0.25, 0.3) is 0 Å². The van der Waals surface area contributed by atoms with Gasteiger partial charge in [-0.2, -0.15) is 0 Å². The highest BCUT2D eigenvalue weighted by atomic mass is 32.1. The van der Waals surface area contributed by atoms with Crippen molar-refractivity contribution in [2.45, 2.75) is 32.4 Å². The summed E-state index contributed by atoms with van der Waals surface area (Å²) in [7, 11) is 0. The van der Waals surface area contributed by atoms with E-state index < -0.39 is 0 Å². The third-order valence-electron chi connectivity index (χ3n) is 1.91. The average Bonchev–Trinajstić information content (AvgIpc) is 2.55. The van der Waals surface area contributed by atoms with Gasteiger partial charge in [0, 0.05) is 11.4 Å². The largest absolute Gasteiger partial charge is 0.393 e. The Labute approximate surface area is 82.8 Å². The highest BCUT2D eigenvalue weighted by molar-refractivity contribution is 7.07. The van der Waals surface area contributed by atoms with Gasteiger partial charge in [0.05, 0.1) is 17.3 Å². The molecule has 0 aliphatic carbocycles. The van der Waals surface area contributed by atoms with Crippen LogP contribution in [-0.4, -0.2) is 22.7 Å². The van der Waals surface area contributed by atoms with E-state index in [4.69, 9.17) is 5.11 Å². The minimum atomic E-state index is -0.227. The lowest BCUT2D eigenvalue weighted by molar-refractivity contribution is 0.182. The first-order chi connectivity index (χ1) is 6.20. The standard InChI is InChI=1S/C9H16N2OS/c1-7(12)3-4-10-8(2)9-5-13-6-11-9/h5-8,10,12H,3-4H2,1-2H3. The summed E-state index contributed by atoms with van der Waals surface area (Å²) >= 11 is 1.61. The lowest BCUT2D eigenvalue weighted by atomic mass is 10.2. The van der Waals surface area contributed by atoms with Crippen LogP contribution in [-0.2, 0) is 0 Å². The van der Waals surface area contributed by atoms with Gasteiger partial charge in [0.2, 0.25) is 0 Å². The number of aliphatic hydroxyl groups is 1. The fourth-order valence-corrected chi connectivity index (χ4v) is 1.70. The Morgan fingerprint density at radius 1 is 1.62 bits per heavy atom. The van der Waals surface area contributed by atoms with E-state index in [-0.39, 0.29) is 12.1 Å². The van der Waals surface area contributed by atoms with E-state index in [1.54, 1.807) is 18.3 Å². The maximum absolute atomic E-state index is 9.04. The number of hydrogen-bond donors (Lipinski definition) is 2. The Hall–Kier alpha value is -0.450. The fraction of sp³-hybridized carbons (Fsp3) is 0.667. The molecular formula is C9H16N2OS. The quantitative estimate of drug-likeness (QED) is 0.758.